The molecule has 0 saturated carbocycles. The lowest BCUT2D eigenvalue weighted by atomic mass is 10.1. The molecular weight excluding hydrogens is 430 g/mol. The molecule has 0 atom stereocenters. The predicted octanol–water partition coefficient (Wildman–Crippen LogP) is 3.83. The first-order valence-electron chi connectivity index (χ1n) is 10.2. The van der Waals surface area contributed by atoms with Crippen molar-refractivity contribution >= 4 is 38.7 Å². The summed E-state index contributed by atoms with van der Waals surface area (Å²) in [5.41, 5.74) is 1.61. The Bertz CT molecular complexity index is 1210. The minimum atomic E-state index is -0.0392. The van der Waals surface area contributed by atoms with Crippen LogP contribution < -0.4 is 9.64 Å². The second-order valence-electron chi connectivity index (χ2n) is 7.45. The number of hydrogen-bond acceptors (Lipinski definition) is 7. The molecule has 5 rings (SSSR count). The lowest BCUT2D eigenvalue weighted by Crippen LogP contribution is -3.12. The Labute approximate surface area is 188 Å². The van der Waals surface area contributed by atoms with E-state index in [4.69, 9.17) is 19.4 Å². The summed E-state index contributed by atoms with van der Waals surface area (Å²) in [5, 5.41) is 5.06. The summed E-state index contributed by atoms with van der Waals surface area (Å²) in [4.78, 5) is 25.3. The summed E-state index contributed by atoms with van der Waals surface area (Å²) in [6.07, 6.45) is 0. The average molecular weight is 453 g/mol. The van der Waals surface area contributed by atoms with Gasteiger partial charge in [0.1, 0.15) is 30.2 Å². The smallest absolute Gasteiger partial charge is 0.232 e. The molecule has 0 aliphatic carbocycles. The Balaban J connectivity index is 1.60. The van der Waals surface area contributed by atoms with Gasteiger partial charge in [0.15, 0.2) is 11.6 Å². The maximum absolute atomic E-state index is 12.1. The van der Waals surface area contributed by atoms with Crippen LogP contribution >= 0.6 is 22.7 Å². The molecule has 6 nitrogen and oxygen atoms in total. The summed E-state index contributed by atoms with van der Waals surface area (Å²) in [6, 6.07) is 11.4. The number of fused-ring (bicyclic) bond motifs is 1. The summed E-state index contributed by atoms with van der Waals surface area (Å²) in [5.74, 6) is 1.73. The molecule has 31 heavy (non-hydrogen) atoms. The number of benzene rings is 1. The van der Waals surface area contributed by atoms with E-state index in [2.05, 4.69) is 16.8 Å². The topological polar surface area (TPSA) is 65.8 Å². The fraction of sp³-hybridized carbons (Fsp3) is 0.261. The Morgan fingerprint density at radius 3 is 2.74 bits per heavy atom. The molecule has 8 heteroatoms. The van der Waals surface area contributed by atoms with Gasteiger partial charge in [0.2, 0.25) is 5.88 Å². The number of morpholine rings is 1. The van der Waals surface area contributed by atoms with Crippen molar-refractivity contribution in [2.75, 3.05) is 26.3 Å². The normalized spacial score (nSPS) is 14.7. The van der Waals surface area contributed by atoms with E-state index in [1.165, 1.54) is 4.90 Å². The number of Topliss-reactive ketones (excluding diaryl/α,β-unsaturated/α-hetero) is 1. The van der Waals surface area contributed by atoms with Gasteiger partial charge >= 0.3 is 0 Å². The number of para-hydroxylation sites is 1. The fourth-order valence-electron chi connectivity index (χ4n) is 3.73. The van der Waals surface area contributed by atoms with Crippen LogP contribution in [0.25, 0.3) is 20.7 Å². The van der Waals surface area contributed by atoms with E-state index in [-0.39, 0.29) is 5.78 Å². The largest absolute Gasteiger partial charge is 0.437 e. The van der Waals surface area contributed by atoms with Gasteiger partial charge in [-0.15, -0.1) is 22.7 Å². The molecule has 4 heterocycles. The number of carbonyl (C=O) groups excluding carboxylic acids is 1. The van der Waals surface area contributed by atoms with E-state index in [1.54, 1.807) is 35.7 Å². The predicted molar refractivity (Wildman–Crippen MR) is 122 cm³/mol. The first-order chi connectivity index (χ1) is 15.2. The number of quaternary nitrogens is 1. The molecule has 1 N–H and O–H groups in total. The summed E-state index contributed by atoms with van der Waals surface area (Å²) >= 11 is 3.27. The molecule has 158 valence electrons. The zero-order valence-corrected chi connectivity index (χ0v) is 18.7. The molecule has 1 fully saturated rings. The SMILES string of the molecule is CC(=O)c1ccccc1Oc1nc(C[NH+]2CCOCC2)nc2scc(-c3cccs3)c12. The average Bonchev–Trinajstić information content (AvgIpc) is 3.44. The monoisotopic (exact) mass is 452 g/mol. The van der Waals surface area contributed by atoms with Crippen molar-refractivity contribution < 1.29 is 19.2 Å². The lowest BCUT2D eigenvalue weighted by Gasteiger charge is -2.23. The van der Waals surface area contributed by atoms with Gasteiger partial charge in [0, 0.05) is 15.8 Å². The molecule has 1 aromatic carbocycles. The zero-order valence-electron chi connectivity index (χ0n) is 17.1. The van der Waals surface area contributed by atoms with Crippen molar-refractivity contribution in [2.45, 2.75) is 13.5 Å². The molecule has 1 aliphatic heterocycles. The number of thiophene rings is 2. The number of aromatic nitrogens is 2. The van der Waals surface area contributed by atoms with Crippen LogP contribution in [-0.2, 0) is 11.3 Å². The molecule has 0 spiro atoms. The van der Waals surface area contributed by atoms with E-state index >= 15 is 0 Å². The van der Waals surface area contributed by atoms with E-state index in [0.717, 1.165) is 59.3 Å². The van der Waals surface area contributed by atoms with E-state index in [9.17, 15) is 4.79 Å². The number of ketones is 1. The van der Waals surface area contributed by atoms with Crippen LogP contribution in [-0.4, -0.2) is 42.1 Å². The second kappa shape index (κ2) is 8.84. The van der Waals surface area contributed by atoms with Crippen LogP contribution in [0.1, 0.15) is 23.1 Å². The highest BCUT2D eigenvalue weighted by Crippen LogP contribution is 2.41. The van der Waals surface area contributed by atoms with Crippen molar-refractivity contribution in [3.8, 4) is 22.1 Å². The molecule has 4 aromatic rings. The van der Waals surface area contributed by atoms with Gasteiger partial charge in [0.05, 0.1) is 24.2 Å². The van der Waals surface area contributed by atoms with Gasteiger partial charge in [-0.1, -0.05) is 18.2 Å². The van der Waals surface area contributed by atoms with Gasteiger partial charge in [-0.25, -0.2) is 4.98 Å². The molecule has 0 amide bonds. The summed E-state index contributed by atoms with van der Waals surface area (Å²) < 4.78 is 11.8. The highest BCUT2D eigenvalue weighted by Gasteiger charge is 2.22. The minimum Gasteiger partial charge on any atom is -0.437 e. The number of nitrogens with one attached hydrogen (secondary N) is 1. The third-order valence-electron chi connectivity index (χ3n) is 5.31. The van der Waals surface area contributed by atoms with Crippen LogP contribution in [0.4, 0.5) is 0 Å². The maximum atomic E-state index is 12.1. The molecular formula is C23H22N3O3S2+. The Hall–Kier alpha value is -2.65. The number of nitrogens with zero attached hydrogens (tertiary/aromatic N) is 2. The molecule has 0 bridgehead atoms. The molecule has 3 aromatic heterocycles. The van der Waals surface area contributed by atoms with Crippen molar-refractivity contribution in [1.29, 1.82) is 0 Å². The highest BCUT2D eigenvalue weighted by atomic mass is 32.1. The van der Waals surface area contributed by atoms with Crippen LogP contribution in [0.5, 0.6) is 11.6 Å². The van der Waals surface area contributed by atoms with E-state index in [1.807, 2.05) is 24.3 Å². The van der Waals surface area contributed by atoms with E-state index < -0.39 is 0 Å². The third-order valence-corrected chi connectivity index (χ3v) is 7.09. The van der Waals surface area contributed by atoms with Crippen molar-refractivity contribution in [3.05, 3.63) is 58.5 Å². The second-order valence-corrected chi connectivity index (χ2v) is 9.25. The molecule has 0 radical (unpaired) electrons. The number of rotatable bonds is 6. The summed E-state index contributed by atoms with van der Waals surface area (Å²) in [6.45, 7) is 5.66. The van der Waals surface area contributed by atoms with Gasteiger partial charge in [0.25, 0.3) is 0 Å². The third kappa shape index (κ3) is 4.24. The Morgan fingerprint density at radius 1 is 1.13 bits per heavy atom. The van der Waals surface area contributed by atoms with Gasteiger partial charge in [-0.05, 0) is 30.5 Å². The van der Waals surface area contributed by atoms with Crippen molar-refractivity contribution in [3.63, 3.8) is 0 Å². The van der Waals surface area contributed by atoms with Crippen molar-refractivity contribution in [1.82, 2.24) is 9.97 Å². The van der Waals surface area contributed by atoms with Crippen molar-refractivity contribution in [2.24, 2.45) is 0 Å². The fourth-order valence-corrected chi connectivity index (χ4v) is 5.50. The number of hydrogen-bond donors (Lipinski definition) is 1. The summed E-state index contributed by atoms with van der Waals surface area (Å²) in [7, 11) is 0. The highest BCUT2D eigenvalue weighted by molar-refractivity contribution is 7.18. The standard InChI is InChI=1S/C23H21N3O3S2/c1-15(27)16-5-2-3-6-18(16)29-22-21-17(19-7-4-12-30-19)14-31-23(21)25-20(24-22)13-26-8-10-28-11-9-26/h2-7,12,14H,8-11,13H2,1H3/p+1. The van der Waals surface area contributed by atoms with Crippen LogP contribution in [0.2, 0.25) is 0 Å². The van der Waals surface area contributed by atoms with Crippen LogP contribution in [0, 0.1) is 0 Å². The van der Waals surface area contributed by atoms with Gasteiger partial charge in [-0.3, -0.25) is 4.79 Å². The van der Waals surface area contributed by atoms with Crippen LogP contribution in [0.15, 0.2) is 47.2 Å². The Kier molecular flexibility index (Phi) is 5.78. The molecule has 1 aliphatic rings. The molecule has 0 unspecified atom stereocenters. The number of carbonyl (C=O) groups is 1. The Morgan fingerprint density at radius 2 is 1.97 bits per heavy atom. The van der Waals surface area contributed by atoms with Gasteiger partial charge < -0.3 is 14.4 Å². The van der Waals surface area contributed by atoms with E-state index in [0.29, 0.717) is 17.2 Å². The van der Waals surface area contributed by atoms with Crippen LogP contribution in [0.3, 0.4) is 0 Å². The van der Waals surface area contributed by atoms with Gasteiger partial charge in [-0.2, -0.15) is 4.98 Å². The maximum Gasteiger partial charge on any atom is 0.232 e. The lowest BCUT2D eigenvalue weighted by molar-refractivity contribution is -0.922. The minimum absolute atomic E-state index is 0.0392. The number of ether oxygens (including phenoxy) is 2. The quantitative estimate of drug-likeness (QED) is 0.451. The first kappa shape index (κ1) is 20.3. The molecule has 1 saturated heterocycles. The zero-order chi connectivity index (χ0) is 21.2. The first-order valence-corrected chi connectivity index (χ1v) is 12.0.